The summed E-state index contributed by atoms with van der Waals surface area (Å²) in [6.07, 6.45) is 5.92. The Kier molecular flexibility index (Phi) is 5.29. The zero-order valence-electron chi connectivity index (χ0n) is 15.3. The van der Waals surface area contributed by atoms with Gasteiger partial charge in [-0.15, -0.1) is 0 Å². The molecule has 7 heteroatoms. The van der Waals surface area contributed by atoms with E-state index >= 15 is 0 Å². The maximum Gasteiger partial charge on any atom is 0.185 e. The van der Waals surface area contributed by atoms with Crippen LogP contribution < -0.4 is 4.90 Å². The maximum absolute atomic E-state index is 6.27. The van der Waals surface area contributed by atoms with Crippen LogP contribution in [0.15, 0.2) is 55.0 Å². The highest BCUT2D eigenvalue weighted by Crippen LogP contribution is 2.23. The molecule has 3 heterocycles. The van der Waals surface area contributed by atoms with E-state index in [1.165, 1.54) is 0 Å². The van der Waals surface area contributed by atoms with E-state index in [-0.39, 0.29) is 0 Å². The predicted molar refractivity (Wildman–Crippen MR) is 112 cm³/mol. The normalized spacial score (nSPS) is 15.3. The van der Waals surface area contributed by atoms with Crippen LogP contribution in [-0.4, -0.2) is 45.2 Å². The van der Waals surface area contributed by atoms with Crippen molar-refractivity contribution in [1.82, 2.24) is 19.0 Å². The number of nitrogens with zero attached hydrogens (tertiary/aromatic N) is 5. The summed E-state index contributed by atoms with van der Waals surface area (Å²) in [7, 11) is 0. The summed E-state index contributed by atoms with van der Waals surface area (Å²) in [5.41, 5.74) is 2.07. The Morgan fingerprint density at radius 2 is 1.85 bits per heavy atom. The van der Waals surface area contributed by atoms with Gasteiger partial charge < -0.3 is 9.47 Å². The van der Waals surface area contributed by atoms with Crippen LogP contribution in [0.25, 0.3) is 5.69 Å². The van der Waals surface area contributed by atoms with Crippen LogP contribution >= 0.6 is 23.8 Å². The Hall–Kier alpha value is -2.15. The number of aromatic nitrogens is 3. The highest BCUT2D eigenvalue weighted by atomic mass is 35.5. The second kappa shape index (κ2) is 7.84. The highest BCUT2D eigenvalue weighted by molar-refractivity contribution is 7.71. The molecule has 1 aliphatic rings. The molecule has 27 heavy (non-hydrogen) atoms. The number of hydrogen-bond donors (Lipinski definition) is 0. The largest absolute Gasteiger partial charge is 0.354 e. The van der Waals surface area contributed by atoms with Gasteiger partial charge in [0.2, 0.25) is 0 Å². The Balaban J connectivity index is 1.45. The van der Waals surface area contributed by atoms with Crippen molar-refractivity contribution in [3.63, 3.8) is 0 Å². The topological polar surface area (TPSA) is 29.2 Å². The second-order valence-electron chi connectivity index (χ2n) is 6.74. The van der Waals surface area contributed by atoms with Crippen molar-refractivity contribution in [2.75, 3.05) is 31.1 Å². The van der Waals surface area contributed by atoms with Gasteiger partial charge in [-0.05, 0) is 49.0 Å². The lowest BCUT2D eigenvalue weighted by molar-refractivity contribution is 0.204. The second-order valence-corrected chi connectivity index (χ2v) is 7.51. The lowest BCUT2D eigenvalue weighted by Crippen LogP contribution is -2.47. The van der Waals surface area contributed by atoms with Crippen molar-refractivity contribution in [1.29, 1.82) is 0 Å². The van der Waals surface area contributed by atoms with Crippen LogP contribution in [0.3, 0.4) is 0 Å². The number of piperazine rings is 1. The molecule has 0 saturated carbocycles. The van der Waals surface area contributed by atoms with Gasteiger partial charge in [0, 0.05) is 49.8 Å². The summed E-state index contributed by atoms with van der Waals surface area (Å²) < 4.78 is 4.93. The van der Waals surface area contributed by atoms with Gasteiger partial charge in [-0.1, -0.05) is 23.7 Å². The third-order valence-corrected chi connectivity index (χ3v) is 5.88. The molecule has 0 unspecified atom stereocenters. The Morgan fingerprint density at radius 3 is 2.59 bits per heavy atom. The first-order valence-electron chi connectivity index (χ1n) is 9.05. The average molecular weight is 400 g/mol. The summed E-state index contributed by atoms with van der Waals surface area (Å²) in [6, 6.07) is 12.0. The predicted octanol–water partition coefficient (Wildman–Crippen LogP) is 4.14. The molecule has 0 radical (unpaired) electrons. The maximum atomic E-state index is 6.27. The van der Waals surface area contributed by atoms with Crippen molar-refractivity contribution < 1.29 is 0 Å². The van der Waals surface area contributed by atoms with Gasteiger partial charge in [0.25, 0.3) is 0 Å². The summed E-state index contributed by atoms with van der Waals surface area (Å²) in [5.74, 6) is 1.05. The number of hydrogen-bond acceptors (Lipinski definition) is 4. The van der Waals surface area contributed by atoms with Crippen LogP contribution in [0.5, 0.6) is 0 Å². The zero-order valence-corrected chi connectivity index (χ0v) is 16.8. The monoisotopic (exact) mass is 399 g/mol. The van der Waals surface area contributed by atoms with Gasteiger partial charge in [0.15, 0.2) is 4.77 Å². The zero-order chi connectivity index (χ0) is 18.8. The molecule has 0 aliphatic carbocycles. The minimum Gasteiger partial charge on any atom is -0.354 e. The third-order valence-electron chi connectivity index (χ3n) is 5.04. The number of anilines is 1. The van der Waals surface area contributed by atoms with E-state index in [4.69, 9.17) is 23.8 Å². The summed E-state index contributed by atoms with van der Waals surface area (Å²) in [5, 5.41) is 0.757. The van der Waals surface area contributed by atoms with Crippen LogP contribution in [0.2, 0.25) is 5.02 Å². The van der Waals surface area contributed by atoms with Crippen LogP contribution in [-0.2, 0) is 6.67 Å². The van der Waals surface area contributed by atoms with Crippen molar-refractivity contribution in [3.8, 4) is 5.69 Å². The van der Waals surface area contributed by atoms with E-state index in [9.17, 15) is 0 Å². The van der Waals surface area contributed by atoms with Gasteiger partial charge in [0.05, 0.1) is 12.4 Å². The summed E-state index contributed by atoms with van der Waals surface area (Å²) >= 11 is 12.0. The average Bonchev–Trinajstić information content (AvgIpc) is 3.05. The molecule has 1 aliphatic heterocycles. The van der Waals surface area contributed by atoms with E-state index in [0.717, 1.165) is 59.7 Å². The molecular weight excluding hydrogens is 378 g/mol. The van der Waals surface area contributed by atoms with Crippen molar-refractivity contribution >= 4 is 29.6 Å². The van der Waals surface area contributed by atoms with E-state index in [0.29, 0.717) is 0 Å². The number of pyridine rings is 1. The summed E-state index contributed by atoms with van der Waals surface area (Å²) in [4.78, 5) is 9.20. The van der Waals surface area contributed by atoms with Gasteiger partial charge in [0.1, 0.15) is 5.82 Å². The SMILES string of the molecule is Cc1c(Cl)cccc1-n1ccn(CN2CCN(c3ccccn3)CC2)c1=S. The molecule has 0 spiro atoms. The summed E-state index contributed by atoms with van der Waals surface area (Å²) in [6.45, 7) is 6.73. The van der Waals surface area contributed by atoms with Gasteiger partial charge in [-0.3, -0.25) is 9.47 Å². The van der Waals surface area contributed by atoms with E-state index in [2.05, 4.69) is 25.4 Å². The van der Waals surface area contributed by atoms with Gasteiger partial charge >= 0.3 is 0 Å². The molecule has 0 amide bonds. The van der Waals surface area contributed by atoms with E-state index < -0.39 is 0 Å². The van der Waals surface area contributed by atoms with Crippen molar-refractivity contribution in [2.24, 2.45) is 0 Å². The number of rotatable bonds is 4. The highest BCUT2D eigenvalue weighted by Gasteiger charge is 2.18. The molecule has 1 fully saturated rings. The minimum atomic E-state index is 0.757. The molecule has 1 saturated heterocycles. The van der Waals surface area contributed by atoms with Crippen molar-refractivity contribution in [2.45, 2.75) is 13.6 Å². The Bertz CT molecular complexity index is 974. The van der Waals surface area contributed by atoms with E-state index in [1.807, 2.05) is 60.4 Å². The molecule has 0 atom stereocenters. The molecule has 4 rings (SSSR count). The first-order valence-corrected chi connectivity index (χ1v) is 9.84. The first-order chi connectivity index (χ1) is 13.1. The molecule has 2 aromatic heterocycles. The fourth-order valence-corrected chi connectivity index (χ4v) is 3.88. The molecule has 0 bridgehead atoms. The van der Waals surface area contributed by atoms with Gasteiger partial charge in [-0.2, -0.15) is 0 Å². The van der Waals surface area contributed by atoms with Crippen LogP contribution in [0, 0.1) is 11.7 Å². The fraction of sp³-hybridized carbons (Fsp3) is 0.300. The van der Waals surface area contributed by atoms with Gasteiger partial charge in [-0.25, -0.2) is 4.98 Å². The first kappa shape index (κ1) is 18.2. The molecule has 5 nitrogen and oxygen atoms in total. The number of halogens is 1. The fourth-order valence-electron chi connectivity index (χ4n) is 3.44. The standard InChI is InChI=1S/C20H22ClN5S/c1-16-17(21)5-4-6-18(16)26-14-13-25(20(26)27)15-23-9-11-24(12-10-23)19-7-2-3-8-22-19/h2-8,13-14H,9-12,15H2,1H3. The Morgan fingerprint density at radius 1 is 1.04 bits per heavy atom. The number of imidazole rings is 1. The number of benzene rings is 1. The lowest BCUT2D eigenvalue weighted by atomic mass is 10.2. The molecular formula is C20H22ClN5S. The minimum absolute atomic E-state index is 0.757. The molecule has 1 aromatic carbocycles. The Labute approximate surface area is 169 Å². The van der Waals surface area contributed by atoms with Crippen molar-refractivity contribution in [3.05, 3.63) is 70.3 Å². The molecule has 140 valence electrons. The van der Waals surface area contributed by atoms with E-state index in [1.54, 1.807) is 0 Å². The smallest absolute Gasteiger partial charge is 0.185 e. The lowest BCUT2D eigenvalue weighted by Gasteiger charge is -2.35. The molecule has 0 N–H and O–H groups in total. The molecule has 3 aromatic rings. The van der Waals surface area contributed by atoms with Crippen LogP contribution in [0.1, 0.15) is 5.56 Å². The van der Waals surface area contributed by atoms with Crippen LogP contribution in [0.4, 0.5) is 5.82 Å². The quantitative estimate of drug-likeness (QED) is 0.616. The third kappa shape index (κ3) is 3.78.